The number of nitrogens with zero attached hydrogens (tertiary/aromatic N) is 1. The minimum atomic E-state index is -0.463. The number of unbranched alkanes of at least 4 members (excludes halogenated alkanes) is 1. The summed E-state index contributed by atoms with van der Waals surface area (Å²) in [5.74, 6) is 0.372. The van der Waals surface area contributed by atoms with Crippen molar-refractivity contribution >= 4 is 23.2 Å². The molecule has 3 rings (SSSR count). The van der Waals surface area contributed by atoms with Crippen LogP contribution in [0.4, 0.5) is 5.69 Å². The van der Waals surface area contributed by atoms with Gasteiger partial charge in [0.2, 0.25) is 0 Å². The van der Waals surface area contributed by atoms with Crippen LogP contribution in [-0.2, 0) is 0 Å². The first kappa shape index (κ1) is 22.9. The molecule has 1 aromatic rings. The number of hydrogen-bond acceptors (Lipinski definition) is 7. The number of anilines is 1. The first-order chi connectivity index (χ1) is 14.5. The number of nitrogens with two attached hydrogens (primary N) is 1. The Morgan fingerprint density at radius 1 is 1.33 bits per heavy atom. The predicted molar refractivity (Wildman–Crippen MR) is 118 cm³/mol. The third-order valence-electron chi connectivity index (χ3n) is 5.71. The van der Waals surface area contributed by atoms with Gasteiger partial charge in [0.25, 0.3) is 5.91 Å². The topological polar surface area (TPSA) is 109 Å². The summed E-state index contributed by atoms with van der Waals surface area (Å²) in [6.45, 7) is 4.86. The van der Waals surface area contributed by atoms with Crippen LogP contribution in [0.1, 0.15) is 36.0 Å². The number of carbonyl (C=O) groups is 1. The number of aliphatic hydroxyl groups excluding tert-OH is 1. The Balaban J connectivity index is 1.56. The number of likely N-dealkylation sites (tertiary alicyclic amines) is 1. The molecular weight excluding hydrogens is 408 g/mol. The largest absolute Gasteiger partial charge is 0.489 e. The summed E-state index contributed by atoms with van der Waals surface area (Å²) in [7, 11) is 1.96. The molecule has 1 amide bonds. The Morgan fingerprint density at radius 3 is 2.83 bits per heavy atom. The zero-order chi connectivity index (χ0) is 21.5. The second-order valence-corrected chi connectivity index (χ2v) is 8.35. The van der Waals surface area contributed by atoms with E-state index in [4.69, 9.17) is 26.8 Å². The van der Waals surface area contributed by atoms with Crippen LogP contribution in [0.25, 0.3) is 0 Å². The number of nitrogens with one attached hydrogen (secondary N) is 2. The highest BCUT2D eigenvalue weighted by atomic mass is 35.5. The van der Waals surface area contributed by atoms with E-state index in [0.717, 1.165) is 38.9 Å². The fraction of sp³-hybridized carbons (Fsp3) is 0.667. The van der Waals surface area contributed by atoms with Crippen molar-refractivity contribution in [2.75, 3.05) is 58.7 Å². The van der Waals surface area contributed by atoms with Gasteiger partial charge in [0.05, 0.1) is 30.6 Å². The van der Waals surface area contributed by atoms with Crippen LogP contribution >= 0.6 is 11.6 Å². The molecule has 2 heterocycles. The van der Waals surface area contributed by atoms with Crippen molar-refractivity contribution in [2.45, 2.75) is 31.8 Å². The number of fused-ring (bicyclic) bond motifs is 1. The SMILES string of the molecule is CNCCCCN1CC[C@@H](CNC(=O)c2cc(N)c(Cl)c3c2OCCCO3)C(O)C1. The first-order valence-electron chi connectivity index (χ1n) is 10.7. The lowest BCUT2D eigenvalue weighted by atomic mass is 9.93. The normalized spacial score (nSPS) is 21.8. The summed E-state index contributed by atoms with van der Waals surface area (Å²) in [5.41, 5.74) is 6.56. The number of hydrogen-bond donors (Lipinski definition) is 4. The molecule has 168 valence electrons. The summed E-state index contributed by atoms with van der Waals surface area (Å²) < 4.78 is 11.4. The maximum Gasteiger partial charge on any atom is 0.255 e. The Bertz CT molecular complexity index is 733. The minimum Gasteiger partial charge on any atom is -0.489 e. The van der Waals surface area contributed by atoms with Crippen molar-refractivity contribution in [3.8, 4) is 11.5 Å². The van der Waals surface area contributed by atoms with Crippen LogP contribution in [0.2, 0.25) is 5.02 Å². The summed E-state index contributed by atoms with van der Waals surface area (Å²) in [6.07, 6.45) is 3.32. The molecule has 0 bridgehead atoms. The van der Waals surface area contributed by atoms with Crippen molar-refractivity contribution in [1.29, 1.82) is 0 Å². The summed E-state index contributed by atoms with van der Waals surface area (Å²) >= 11 is 6.24. The van der Waals surface area contributed by atoms with Gasteiger partial charge in [0.1, 0.15) is 5.02 Å². The first-order valence-corrected chi connectivity index (χ1v) is 11.1. The molecule has 0 saturated carbocycles. The van der Waals surface area contributed by atoms with Gasteiger partial charge in [0.15, 0.2) is 11.5 Å². The third kappa shape index (κ3) is 5.69. The third-order valence-corrected chi connectivity index (χ3v) is 6.10. The van der Waals surface area contributed by atoms with Crippen molar-refractivity contribution in [3.05, 3.63) is 16.7 Å². The number of β-amino-alcohol motifs (C(OH)–C–C–N with tert-alkyl or cyclic N) is 1. The van der Waals surface area contributed by atoms with Gasteiger partial charge in [-0.15, -0.1) is 0 Å². The van der Waals surface area contributed by atoms with E-state index >= 15 is 0 Å². The molecule has 1 fully saturated rings. The van der Waals surface area contributed by atoms with Crippen LogP contribution < -0.4 is 25.8 Å². The smallest absolute Gasteiger partial charge is 0.255 e. The van der Waals surface area contributed by atoms with E-state index in [9.17, 15) is 9.90 Å². The van der Waals surface area contributed by atoms with E-state index < -0.39 is 6.10 Å². The lowest BCUT2D eigenvalue weighted by Gasteiger charge is -2.36. The molecule has 2 aliphatic heterocycles. The van der Waals surface area contributed by atoms with Crippen LogP contribution in [0.3, 0.4) is 0 Å². The fourth-order valence-corrected chi connectivity index (χ4v) is 4.12. The van der Waals surface area contributed by atoms with Gasteiger partial charge in [-0.1, -0.05) is 11.6 Å². The quantitative estimate of drug-likeness (QED) is 0.358. The molecule has 0 radical (unpaired) electrons. The monoisotopic (exact) mass is 440 g/mol. The second-order valence-electron chi connectivity index (χ2n) is 7.97. The number of benzene rings is 1. The van der Waals surface area contributed by atoms with Crippen LogP contribution in [-0.4, -0.2) is 75.0 Å². The van der Waals surface area contributed by atoms with Gasteiger partial charge >= 0.3 is 0 Å². The molecule has 0 aliphatic carbocycles. The summed E-state index contributed by atoms with van der Waals surface area (Å²) in [5, 5.41) is 16.9. The zero-order valence-corrected chi connectivity index (χ0v) is 18.3. The van der Waals surface area contributed by atoms with Crippen molar-refractivity contribution in [1.82, 2.24) is 15.5 Å². The standard InChI is InChI=1S/C21H33ClN4O4/c1-24-6-2-3-7-26-8-5-14(17(27)13-26)12-25-21(28)15-11-16(23)18(22)20-19(15)29-9-4-10-30-20/h11,14,17,24,27H,2-10,12-13,23H2,1H3,(H,25,28)/t14-,17?/m0/s1. The molecule has 30 heavy (non-hydrogen) atoms. The number of piperidine rings is 1. The van der Waals surface area contributed by atoms with Crippen molar-refractivity contribution in [2.24, 2.45) is 5.92 Å². The molecular formula is C21H33ClN4O4. The molecule has 5 N–H and O–H groups in total. The predicted octanol–water partition coefficient (Wildman–Crippen LogP) is 1.50. The van der Waals surface area contributed by atoms with Crippen molar-refractivity contribution in [3.63, 3.8) is 0 Å². The average molecular weight is 441 g/mol. The molecule has 9 heteroatoms. The van der Waals surface area contributed by atoms with E-state index in [1.807, 2.05) is 7.05 Å². The van der Waals surface area contributed by atoms with E-state index in [1.54, 1.807) is 0 Å². The molecule has 1 saturated heterocycles. The Labute approximate surface area is 183 Å². The molecule has 2 atom stereocenters. The van der Waals surface area contributed by atoms with Crippen LogP contribution in [0.15, 0.2) is 6.07 Å². The van der Waals surface area contributed by atoms with Crippen LogP contribution in [0.5, 0.6) is 11.5 Å². The molecule has 1 unspecified atom stereocenters. The molecule has 0 aromatic heterocycles. The van der Waals surface area contributed by atoms with Crippen LogP contribution in [0, 0.1) is 5.92 Å². The van der Waals surface area contributed by atoms with Gasteiger partial charge in [-0.25, -0.2) is 0 Å². The highest BCUT2D eigenvalue weighted by Crippen LogP contribution is 2.43. The van der Waals surface area contributed by atoms with E-state index in [0.29, 0.717) is 49.8 Å². The molecule has 0 spiro atoms. The van der Waals surface area contributed by atoms with Gasteiger partial charge in [-0.3, -0.25) is 4.79 Å². The van der Waals surface area contributed by atoms with Gasteiger partial charge in [-0.2, -0.15) is 0 Å². The van der Waals surface area contributed by atoms with E-state index in [-0.39, 0.29) is 22.5 Å². The maximum absolute atomic E-state index is 12.9. The number of carbonyl (C=O) groups excluding carboxylic acids is 1. The Kier molecular flexibility index (Phi) is 8.44. The van der Waals surface area contributed by atoms with Gasteiger partial charge < -0.3 is 35.8 Å². The number of rotatable bonds is 8. The summed E-state index contributed by atoms with van der Waals surface area (Å²) in [6, 6.07) is 1.52. The summed E-state index contributed by atoms with van der Waals surface area (Å²) in [4.78, 5) is 15.2. The number of ether oxygens (including phenoxy) is 2. The molecule has 2 aliphatic rings. The molecule has 8 nitrogen and oxygen atoms in total. The minimum absolute atomic E-state index is 0.0166. The Hall–Kier alpha value is -1.74. The second kappa shape index (κ2) is 11.0. The average Bonchev–Trinajstić information content (AvgIpc) is 2.99. The molecule has 1 aromatic carbocycles. The highest BCUT2D eigenvalue weighted by molar-refractivity contribution is 6.35. The van der Waals surface area contributed by atoms with Crippen molar-refractivity contribution < 1.29 is 19.4 Å². The number of nitrogen functional groups attached to an aromatic ring is 1. The van der Waals surface area contributed by atoms with Gasteiger partial charge in [0, 0.05) is 25.4 Å². The highest BCUT2D eigenvalue weighted by Gasteiger charge is 2.29. The van der Waals surface area contributed by atoms with E-state index in [2.05, 4.69) is 15.5 Å². The van der Waals surface area contributed by atoms with E-state index in [1.165, 1.54) is 6.07 Å². The lowest BCUT2D eigenvalue weighted by Crippen LogP contribution is -2.47. The lowest BCUT2D eigenvalue weighted by molar-refractivity contribution is 0.0216. The number of amides is 1. The number of halogens is 1. The Morgan fingerprint density at radius 2 is 2.10 bits per heavy atom. The number of aliphatic hydroxyl groups is 1. The van der Waals surface area contributed by atoms with Gasteiger partial charge in [-0.05, 0) is 52.0 Å². The fourth-order valence-electron chi connectivity index (χ4n) is 3.93. The zero-order valence-electron chi connectivity index (χ0n) is 17.6. The maximum atomic E-state index is 12.9.